The van der Waals surface area contributed by atoms with E-state index in [1.165, 1.54) is 0 Å². The third kappa shape index (κ3) is 5.59. The molecule has 62 valence electrons. The van der Waals surface area contributed by atoms with Gasteiger partial charge in [-0.3, -0.25) is 4.79 Å². The number of ketones is 1. The first kappa shape index (κ1) is 10.2. The summed E-state index contributed by atoms with van der Waals surface area (Å²) in [6.45, 7) is 7.25. The van der Waals surface area contributed by atoms with Crippen molar-refractivity contribution in [3.05, 3.63) is 24.3 Å². The smallest absolute Gasteiger partial charge is 0.155 e. The number of allylic oxidation sites excluding steroid dienone is 3. The van der Waals surface area contributed by atoms with Crippen LogP contribution in [0.1, 0.15) is 33.1 Å². The van der Waals surface area contributed by atoms with Crippen molar-refractivity contribution in [1.29, 1.82) is 0 Å². The zero-order chi connectivity index (χ0) is 8.69. The van der Waals surface area contributed by atoms with Gasteiger partial charge in [0, 0.05) is 0 Å². The lowest BCUT2D eigenvalue weighted by Crippen LogP contribution is -1.93. The molecule has 0 bridgehead atoms. The maximum Gasteiger partial charge on any atom is 0.155 e. The van der Waals surface area contributed by atoms with Crippen LogP contribution in [0.4, 0.5) is 0 Å². The Morgan fingerprint density at radius 1 is 1.55 bits per heavy atom. The van der Waals surface area contributed by atoms with Gasteiger partial charge in [0.05, 0.1) is 0 Å². The van der Waals surface area contributed by atoms with Crippen LogP contribution in [0.15, 0.2) is 24.3 Å². The summed E-state index contributed by atoms with van der Waals surface area (Å²) in [5, 5.41) is 0. The molecule has 0 amide bonds. The molecule has 0 radical (unpaired) electrons. The molecule has 1 nitrogen and oxygen atoms in total. The monoisotopic (exact) mass is 152 g/mol. The Hall–Kier alpha value is -0.850. The van der Waals surface area contributed by atoms with E-state index in [9.17, 15) is 4.79 Å². The summed E-state index contributed by atoms with van der Waals surface area (Å²) in [5.74, 6) is 0.116. The van der Waals surface area contributed by atoms with E-state index >= 15 is 0 Å². The third-order valence-corrected chi connectivity index (χ3v) is 1.58. The summed E-state index contributed by atoms with van der Waals surface area (Å²) in [6.07, 6.45) is 7.04. The van der Waals surface area contributed by atoms with Crippen molar-refractivity contribution in [3.8, 4) is 0 Å². The molecule has 0 aliphatic heterocycles. The molecule has 0 rings (SSSR count). The molecule has 0 aliphatic rings. The standard InChI is InChI=1S/C10H16O/c1-4-5-6-7-8-9(2)10(3)11/h4-5H,2,6-8H2,1,3H3. The second-order valence-electron chi connectivity index (χ2n) is 2.62. The van der Waals surface area contributed by atoms with Crippen LogP contribution in [-0.2, 0) is 4.79 Å². The van der Waals surface area contributed by atoms with E-state index in [1.807, 2.05) is 13.0 Å². The van der Waals surface area contributed by atoms with Gasteiger partial charge in [0.1, 0.15) is 0 Å². The number of carbonyl (C=O) groups excluding carboxylic acids is 1. The number of carbonyl (C=O) groups is 1. The number of Topliss-reactive ketones (excluding diaryl/α,β-unsaturated/α-hetero) is 1. The molecule has 0 fully saturated rings. The van der Waals surface area contributed by atoms with Gasteiger partial charge in [-0.05, 0) is 38.7 Å². The molecule has 0 aromatic rings. The van der Waals surface area contributed by atoms with Gasteiger partial charge in [0.25, 0.3) is 0 Å². The molecule has 0 N–H and O–H groups in total. The molecule has 0 saturated carbocycles. The zero-order valence-corrected chi connectivity index (χ0v) is 7.39. The van der Waals surface area contributed by atoms with E-state index in [1.54, 1.807) is 6.92 Å². The fourth-order valence-corrected chi connectivity index (χ4v) is 0.776. The van der Waals surface area contributed by atoms with Crippen LogP contribution in [0.2, 0.25) is 0 Å². The molecule has 0 aromatic carbocycles. The Kier molecular flexibility index (Phi) is 5.44. The predicted molar refractivity (Wildman–Crippen MR) is 48.5 cm³/mol. The van der Waals surface area contributed by atoms with E-state index < -0.39 is 0 Å². The summed E-state index contributed by atoms with van der Waals surface area (Å²) < 4.78 is 0. The highest BCUT2D eigenvalue weighted by Gasteiger charge is 1.97. The van der Waals surface area contributed by atoms with Gasteiger partial charge in [-0.15, -0.1) is 0 Å². The average molecular weight is 152 g/mol. The van der Waals surface area contributed by atoms with Gasteiger partial charge < -0.3 is 0 Å². The summed E-state index contributed by atoms with van der Waals surface area (Å²) in [4.78, 5) is 10.7. The number of hydrogen-bond acceptors (Lipinski definition) is 1. The second-order valence-corrected chi connectivity index (χ2v) is 2.62. The molecule has 0 spiro atoms. The fraction of sp³-hybridized carbons (Fsp3) is 0.500. The van der Waals surface area contributed by atoms with E-state index in [0.717, 1.165) is 24.8 Å². The van der Waals surface area contributed by atoms with Crippen LogP contribution < -0.4 is 0 Å². The lowest BCUT2D eigenvalue weighted by Gasteiger charge is -1.97. The molecule has 1 heteroatoms. The van der Waals surface area contributed by atoms with Crippen LogP contribution in [0.3, 0.4) is 0 Å². The molecule has 0 aromatic heterocycles. The Morgan fingerprint density at radius 3 is 2.64 bits per heavy atom. The van der Waals surface area contributed by atoms with Crippen LogP contribution >= 0.6 is 0 Å². The minimum Gasteiger partial charge on any atom is -0.295 e. The molecule has 0 saturated heterocycles. The van der Waals surface area contributed by atoms with Gasteiger partial charge in [0.2, 0.25) is 0 Å². The Morgan fingerprint density at radius 2 is 2.18 bits per heavy atom. The summed E-state index contributed by atoms with van der Waals surface area (Å²) in [6, 6.07) is 0. The van der Waals surface area contributed by atoms with Crippen molar-refractivity contribution in [2.45, 2.75) is 33.1 Å². The lowest BCUT2D eigenvalue weighted by molar-refractivity contribution is -0.113. The normalized spacial score (nSPS) is 10.4. The second kappa shape index (κ2) is 5.90. The minimum absolute atomic E-state index is 0.116. The number of unbranched alkanes of at least 4 members (excludes halogenated alkanes) is 1. The number of rotatable bonds is 5. The first-order chi connectivity index (χ1) is 5.18. The van der Waals surface area contributed by atoms with Crippen LogP contribution in [-0.4, -0.2) is 5.78 Å². The van der Waals surface area contributed by atoms with Gasteiger partial charge in [-0.25, -0.2) is 0 Å². The highest BCUT2D eigenvalue weighted by molar-refractivity contribution is 5.92. The van der Waals surface area contributed by atoms with Crippen LogP contribution in [0, 0.1) is 0 Å². The summed E-state index contributed by atoms with van der Waals surface area (Å²) >= 11 is 0. The molecular formula is C10H16O. The Balaban J connectivity index is 3.39. The molecule has 0 aliphatic carbocycles. The van der Waals surface area contributed by atoms with Crippen molar-refractivity contribution >= 4 is 5.78 Å². The largest absolute Gasteiger partial charge is 0.295 e. The van der Waals surface area contributed by atoms with Crippen molar-refractivity contribution in [1.82, 2.24) is 0 Å². The molecule has 0 unspecified atom stereocenters. The molecule has 11 heavy (non-hydrogen) atoms. The minimum atomic E-state index is 0.116. The fourth-order valence-electron chi connectivity index (χ4n) is 0.776. The quantitative estimate of drug-likeness (QED) is 0.336. The SMILES string of the molecule is C=C(CCCC=CC)C(C)=O. The summed E-state index contributed by atoms with van der Waals surface area (Å²) in [7, 11) is 0. The van der Waals surface area contributed by atoms with Gasteiger partial charge in [-0.1, -0.05) is 18.7 Å². The topological polar surface area (TPSA) is 17.1 Å². The van der Waals surface area contributed by atoms with Crippen molar-refractivity contribution in [2.24, 2.45) is 0 Å². The third-order valence-electron chi connectivity index (χ3n) is 1.58. The Labute approximate surface area is 68.8 Å². The summed E-state index contributed by atoms with van der Waals surface area (Å²) in [5.41, 5.74) is 0.745. The van der Waals surface area contributed by atoms with E-state index in [-0.39, 0.29) is 5.78 Å². The maximum absolute atomic E-state index is 10.7. The average Bonchev–Trinajstić information content (AvgIpc) is 1.97. The Bertz CT molecular complexity index is 166. The predicted octanol–water partition coefficient (Wildman–Crippen LogP) is 2.88. The molecular weight excluding hydrogens is 136 g/mol. The van der Waals surface area contributed by atoms with Gasteiger partial charge in [0.15, 0.2) is 5.78 Å². The highest BCUT2D eigenvalue weighted by Crippen LogP contribution is 2.06. The molecule has 0 atom stereocenters. The van der Waals surface area contributed by atoms with Crippen molar-refractivity contribution in [3.63, 3.8) is 0 Å². The molecule has 0 heterocycles. The zero-order valence-electron chi connectivity index (χ0n) is 7.39. The van der Waals surface area contributed by atoms with Gasteiger partial charge >= 0.3 is 0 Å². The number of hydrogen-bond donors (Lipinski definition) is 0. The lowest BCUT2D eigenvalue weighted by atomic mass is 10.1. The van der Waals surface area contributed by atoms with E-state index in [2.05, 4.69) is 12.7 Å². The first-order valence-corrected chi connectivity index (χ1v) is 3.98. The highest BCUT2D eigenvalue weighted by atomic mass is 16.1. The van der Waals surface area contributed by atoms with Crippen LogP contribution in [0.25, 0.3) is 0 Å². The van der Waals surface area contributed by atoms with Crippen LogP contribution in [0.5, 0.6) is 0 Å². The van der Waals surface area contributed by atoms with Crippen molar-refractivity contribution < 1.29 is 4.79 Å². The van der Waals surface area contributed by atoms with Gasteiger partial charge in [-0.2, -0.15) is 0 Å². The van der Waals surface area contributed by atoms with E-state index in [0.29, 0.717) is 0 Å². The van der Waals surface area contributed by atoms with E-state index in [4.69, 9.17) is 0 Å². The maximum atomic E-state index is 10.7. The van der Waals surface area contributed by atoms with Crippen molar-refractivity contribution in [2.75, 3.05) is 0 Å². The first-order valence-electron chi connectivity index (χ1n) is 3.98.